The number of rotatable bonds is 2. The van der Waals surface area contributed by atoms with Gasteiger partial charge in [0.25, 0.3) is 11.7 Å². The van der Waals surface area contributed by atoms with Gasteiger partial charge in [0.2, 0.25) is 5.91 Å². The fraction of sp³-hybridized carbons (Fsp3) is 0.0909. The van der Waals surface area contributed by atoms with E-state index >= 15 is 0 Å². The van der Waals surface area contributed by atoms with E-state index in [-0.39, 0.29) is 15.7 Å². The summed E-state index contributed by atoms with van der Waals surface area (Å²) in [5.41, 5.74) is 4.71. The number of halogens is 2. The normalized spacial score (nSPS) is 13.4. The van der Waals surface area contributed by atoms with Crippen LogP contribution in [0.3, 0.4) is 0 Å². The predicted octanol–water partition coefficient (Wildman–Crippen LogP) is 0.312. The fourth-order valence-electron chi connectivity index (χ4n) is 1.77. The van der Waals surface area contributed by atoms with Crippen molar-refractivity contribution >= 4 is 45.2 Å². The number of carbonyl (C=O) groups excluding carboxylic acids is 4. The summed E-state index contributed by atoms with van der Waals surface area (Å²) in [5.74, 6) is -3.40. The SMILES string of the molecule is NC(=O)NC(=O)CN1C(=O)C(=O)c2cc(Br)c(F)cc21. The molecule has 4 amide bonds. The number of amides is 4. The lowest BCUT2D eigenvalue weighted by Crippen LogP contribution is -2.44. The Morgan fingerprint density at radius 3 is 2.60 bits per heavy atom. The van der Waals surface area contributed by atoms with Crippen LogP contribution in [-0.2, 0) is 9.59 Å². The topological polar surface area (TPSA) is 110 Å². The van der Waals surface area contributed by atoms with Crippen LogP contribution >= 0.6 is 15.9 Å². The molecule has 0 aliphatic carbocycles. The average molecular weight is 344 g/mol. The summed E-state index contributed by atoms with van der Waals surface area (Å²) < 4.78 is 13.5. The Morgan fingerprint density at radius 2 is 2.00 bits per heavy atom. The summed E-state index contributed by atoms with van der Waals surface area (Å²) in [6, 6.07) is 1.03. The van der Waals surface area contributed by atoms with Gasteiger partial charge in [-0.3, -0.25) is 24.6 Å². The number of primary amides is 1. The van der Waals surface area contributed by atoms with Crippen LogP contribution in [0, 0.1) is 5.82 Å². The molecule has 0 radical (unpaired) electrons. The van der Waals surface area contributed by atoms with Crippen LogP contribution in [0.15, 0.2) is 16.6 Å². The summed E-state index contributed by atoms with van der Waals surface area (Å²) >= 11 is 2.90. The van der Waals surface area contributed by atoms with Crippen molar-refractivity contribution in [1.29, 1.82) is 0 Å². The van der Waals surface area contributed by atoms with Gasteiger partial charge >= 0.3 is 6.03 Å². The second-order valence-electron chi connectivity index (χ2n) is 3.92. The number of fused-ring (bicyclic) bond motifs is 1. The second kappa shape index (κ2) is 5.00. The Kier molecular flexibility index (Phi) is 3.53. The van der Waals surface area contributed by atoms with Gasteiger partial charge in [-0.25, -0.2) is 9.18 Å². The minimum atomic E-state index is -1.09. The standard InChI is InChI=1S/C11H7BrFN3O4/c12-5-1-4-7(2-6(5)13)16(10(19)9(4)18)3-8(17)15-11(14)20/h1-2H,3H2,(H3,14,15,17,20). The molecule has 20 heavy (non-hydrogen) atoms. The molecule has 0 fully saturated rings. The minimum Gasteiger partial charge on any atom is -0.351 e. The number of benzene rings is 1. The summed E-state index contributed by atoms with van der Waals surface area (Å²) in [6.45, 7) is -0.610. The quantitative estimate of drug-likeness (QED) is 0.753. The summed E-state index contributed by atoms with van der Waals surface area (Å²) in [7, 11) is 0. The fourth-order valence-corrected chi connectivity index (χ4v) is 2.11. The van der Waals surface area contributed by atoms with E-state index in [2.05, 4.69) is 15.9 Å². The number of imide groups is 1. The van der Waals surface area contributed by atoms with E-state index in [9.17, 15) is 23.6 Å². The first-order valence-corrected chi connectivity index (χ1v) is 6.05. The maximum Gasteiger partial charge on any atom is 0.318 e. The van der Waals surface area contributed by atoms with Gasteiger partial charge in [-0.1, -0.05) is 0 Å². The lowest BCUT2D eigenvalue weighted by molar-refractivity contribution is -0.121. The van der Waals surface area contributed by atoms with E-state index in [0.717, 1.165) is 17.0 Å². The van der Waals surface area contributed by atoms with Crippen LogP contribution in [0.25, 0.3) is 0 Å². The highest BCUT2D eigenvalue weighted by Gasteiger charge is 2.37. The number of Topliss-reactive ketones (excluding diaryl/α,β-unsaturated/α-hetero) is 1. The van der Waals surface area contributed by atoms with Gasteiger partial charge in [-0.05, 0) is 28.1 Å². The van der Waals surface area contributed by atoms with E-state index in [1.165, 1.54) is 0 Å². The number of urea groups is 1. The molecule has 0 bridgehead atoms. The predicted molar refractivity (Wildman–Crippen MR) is 68.5 cm³/mol. The van der Waals surface area contributed by atoms with Crippen LogP contribution in [0.4, 0.5) is 14.9 Å². The molecule has 1 aromatic rings. The molecule has 1 aliphatic heterocycles. The van der Waals surface area contributed by atoms with Gasteiger partial charge in [0.15, 0.2) is 0 Å². The number of anilines is 1. The Labute approximate surface area is 120 Å². The monoisotopic (exact) mass is 343 g/mol. The molecule has 0 saturated heterocycles. The van der Waals surface area contributed by atoms with E-state index in [1.807, 2.05) is 0 Å². The van der Waals surface area contributed by atoms with E-state index in [1.54, 1.807) is 5.32 Å². The van der Waals surface area contributed by atoms with Gasteiger partial charge in [-0.2, -0.15) is 0 Å². The first kappa shape index (κ1) is 14.1. The molecule has 9 heteroatoms. The largest absolute Gasteiger partial charge is 0.351 e. The Balaban J connectivity index is 2.35. The third kappa shape index (κ3) is 2.39. The Morgan fingerprint density at radius 1 is 1.35 bits per heavy atom. The van der Waals surface area contributed by atoms with Gasteiger partial charge in [-0.15, -0.1) is 0 Å². The second-order valence-corrected chi connectivity index (χ2v) is 4.77. The van der Waals surface area contributed by atoms with Crippen LogP contribution in [0.5, 0.6) is 0 Å². The number of hydrogen-bond acceptors (Lipinski definition) is 4. The molecule has 7 nitrogen and oxygen atoms in total. The van der Waals surface area contributed by atoms with Crippen molar-refractivity contribution < 1.29 is 23.6 Å². The highest BCUT2D eigenvalue weighted by Crippen LogP contribution is 2.32. The van der Waals surface area contributed by atoms with Gasteiger partial charge in [0.05, 0.1) is 15.7 Å². The maximum atomic E-state index is 13.5. The number of ketones is 1. The Bertz CT molecular complexity index is 661. The van der Waals surface area contributed by atoms with Gasteiger partial charge in [0, 0.05) is 0 Å². The molecule has 104 valence electrons. The van der Waals surface area contributed by atoms with Gasteiger partial charge in [0.1, 0.15) is 12.4 Å². The van der Waals surface area contributed by atoms with Crippen LogP contribution in [-0.4, -0.2) is 30.2 Å². The molecule has 0 saturated carbocycles. The van der Waals surface area contributed by atoms with Crippen molar-refractivity contribution in [2.75, 3.05) is 11.4 Å². The minimum absolute atomic E-state index is 0.0184. The number of carbonyl (C=O) groups is 4. The molecule has 1 heterocycles. The molecule has 1 aliphatic rings. The van der Waals surface area contributed by atoms with Crippen LogP contribution in [0.1, 0.15) is 10.4 Å². The van der Waals surface area contributed by atoms with Crippen LogP contribution in [0.2, 0.25) is 0 Å². The van der Waals surface area contributed by atoms with Crippen molar-refractivity contribution in [2.24, 2.45) is 5.73 Å². The molecule has 2 rings (SSSR count). The average Bonchev–Trinajstić information content (AvgIpc) is 2.55. The molecule has 0 atom stereocenters. The van der Waals surface area contributed by atoms with Crippen LogP contribution < -0.4 is 16.0 Å². The van der Waals surface area contributed by atoms with Crippen molar-refractivity contribution in [3.8, 4) is 0 Å². The lowest BCUT2D eigenvalue weighted by atomic mass is 10.1. The molecular formula is C11H7BrFN3O4. The van der Waals surface area contributed by atoms with Crippen molar-refractivity contribution in [3.63, 3.8) is 0 Å². The molecule has 0 aromatic heterocycles. The number of hydrogen-bond donors (Lipinski definition) is 2. The third-order valence-corrected chi connectivity index (χ3v) is 3.19. The highest BCUT2D eigenvalue weighted by molar-refractivity contribution is 9.10. The Hall–Kier alpha value is -2.29. The highest BCUT2D eigenvalue weighted by atomic mass is 79.9. The lowest BCUT2D eigenvalue weighted by Gasteiger charge is -2.15. The number of nitrogens with zero attached hydrogens (tertiary/aromatic N) is 1. The summed E-state index contributed by atoms with van der Waals surface area (Å²) in [6.07, 6.45) is 0. The maximum absolute atomic E-state index is 13.5. The smallest absolute Gasteiger partial charge is 0.318 e. The number of nitrogens with two attached hydrogens (primary N) is 1. The van der Waals surface area contributed by atoms with E-state index < -0.39 is 36.0 Å². The zero-order valence-corrected chi connectivity index (χ0v) is 11.4. The molecule has 0 spiro atoms. The van der Waals surface area contributed by atoms with E-state index in [0.29, 0.717) is 0 Å². The van der Waals surface area contributed by atoms with Gasteiger partial charge < -0.3 is 5.73 Å². The summed E-state index contributed by atoms with van der Waals surface area (Å²) in [5, 5.41) is 1.75. The molecule has 3 N–H and O–H groups in total. The first-order valence-electron chi connectivity index (χ1n) is 5.25. The molecule has 0 unspecified atom stereocenters. The molecular weight excluding hydrogens is 337 g/mol. The zero-order chi connectivity index (χ0) is 15.0. The third-order valence-electron chi connectivity index (χ3n) is 2.58. The van der Waals surface area contributed by atoms with Crippen molar-refractivity contribution in [3.05, 3.63) is 28.0 Å². The van der Waals surface area contributed by atoms with Crippen molar-refractivity contribution in [1.82, 2.24) is 5.32 Å². The zero-order valence-electron chi connectivity index (χ0n) is 9.78. The molecule has 1 aromatic carbocycles. The van der Waals surface area contributed by atoms with E-state index in [4.69, 9.17) is 5.73 Å². The van der Waals surface area contributed by atoms with Crippen molar-refractivity contribution in [2.45, 2.75) is 0 Å². The first-order chi connectivity index (χ1) is 9.31. The number of nitrogens with one attached hydrogen (secondary N) is 1. The summed E-state index contributed by atoms with van der Waals surface area (Å²) in [4.78, 5) is 46.2.